The van der Waals surface area contributed by atoms with Gasteiger partial charge in [-0.1, -0.05) is 0 Å². The van der Waals surface area contributed by atoms with Crippen molar-refractivity contribution in [3.8, 4) is 11.5 Å². The van der Waals surface area contributed by atoms with E-state index in [1.807, 2.05) is 0 Å². The number of ketones is 1. The van der Waals surface area contributed by atoms with E-state index in [1.165, 1.54) is 62.8 Å². The molecule has 0 aliphatic carbocycles. The van der Waals surface area contributed by atoms with E-state index in [2.05, 4.69) is 9.98 Å². The molecule has 2 rings (SSSR count). The molecule has 120 valence electrons. The van der Waals surface area contributed by atoms with Gasteiger partial charge in [0.05, 0.1) is 14.2 Å². The number of carbonyl (C=O) groups is 1. The highest BCUT2D eigenvalue weighted by atomic mass is 16.5. The van der Waals surface area contributed by atoms with Crippen LogP contribution in [0.25, 0.3) is 0 Å². The Labute approximate surface area is 137 Å². The first-order valence-corrected chi connectivity index (χ1v) is 6.71. The van der Waals surface area contributed by atoms with Crippen LogP contribution in [0.4, 0.5) is 11.4 Å². The summed E-state index contributed by atoms with van der Waals surface area (Å²) in [6.45, 7) is 0. The quantitative estimate of drug-likeness (QED) is 0.462. The highest BCUT2D eigenvalue weighted by Crippen LogP contribution is 2.31. The Kier molecular flexibility index (Phi) is 5.36. The van der Waals surface area contributed by atoms with Crippen molar-refractivity contribution in [3.05, 3.63) is 47.5 Å². The van der Waals surface area contributed by atoms with Crippen molar-refractivity contribution in [3.63, 3.8) is 0 Å². The number of isocyanates is 2. The fraction of sp³-hybridized carbons (Fsp3) is 0.118. The second-order valence-corrected chi connectivity index (χ2v) is 4.51. The highest BCUT2D eigenvalue weighted by molar-refractivity contribution is 6.10. The molecular weight excluding hydrogens is 312 g/mol. The number of hydrogen-bond donors (Lipinski definition) is 0. The molecule has 0 heterocycles. The van der Waals surface area contributed by atoms with Crippen LogP contribution >= 0.6 is 0 Å². The summed E-state index contributed by atoms with van der Waals surface area (Å²) in [5, 5.41) is 0. The summed E-state index contributed by atoms with van der Waals surface area (Å²) >= 11 is 0. The maximum absolute atomic E-state index is 12.6. The summed E-state index contributed by atoms with van der Waals surface area (Å²) in [6.07, 6.45) is 2.83. The van der Waals surface area contributed by atoms with E-state index >= 15 is 0 Å². The first-order chi connectivity index (χ1) is 11.6. The number of aliphatic imine (C=N–C) groups is 2. The Morgan fingerprint density at radius 3 is 1.58 bits per heavy atom. The van der Waals surface area contributed by atoms with E-state index < -0.39 is 0 Å². The molecule has 0 amide bonds. The van der Waals surface area contributed by atoms with Crippen LogP contribution < -0.4 is 9.47 Å². The lowest BCUT2D eigenvalue weighted by Gasteiger charge is -2.08. The van der Waals surface area contributed by atoms with E-state index in [4.69, 9.17) is 9.47 Å². The fourth-order valence-corrected chi connectivity index (χ4v) is 2.10. The monoisotopic (exact) mass is 324 g/mol. The lowest BCUT2D eigenvalue weighted by molar-refractivity contribution is 0.103. The molecule has 0 spiro atoms. The minimum atomic E-state index is -0.343. The summed E-state index contributed by atoms with van der Waals surface area (Å²) in [6, 6.07) is 8.96. The molecule has 0 atom stereocenters. The molecule has 0 unspecified atom stereocenters. The molecule has 0 aliphatic heterocycles. The van der Waals surface area contributed by atoms with Crippen LogP contribution in [0.3, 0.4) is 0 Å². The van der Waals surface area contributed by atoms with Gasteiger partial charge >= 0.3 is 0 Å². The number of hydrogen-bond acceptors (Lipinski definition) is 7. The van der Waals surface area contributed by atoms with Crippen LogP contribution in [0.1, 0.15) is 15.9 Å². The number of methoxy groups -OCH3 is 2. The van der Waals surface area contributed by atoms with Gasteiger partial charge < -0.3 is 9.47 Å². The summed E-state index contributed by atoms with van der Waals surface area (Å²) in [7, 11) is 2.85. The van der Waals surface area contributed by atoms with E-state index in [0.29, 0.717) is 11.5 Å². The van der Waals surface area contributed by atoms with Crippen molar-refractivity contribution < 1.29 is 23.9 Å². The average Bonchev–Trinajstić information content (AvgIpc) is 2.61. The molecule has 2 aromatic carbocycles. The molecule has 0 saturated carbocycles. The second kappa shape index (κ2) is 7.65. The minimum absolute atomic E-state index is 0.193. The Bertz CT molecular complexity index is 807. The van der Waals surface area contributed by atoms with Gasteiger partial charge in [-0.2, -0.15) is 9.98 Å². The summed E-state index contributed by atoms with van der Waals surface area (Å²) < 4.78 is 10.1. The Morgan fingerprint density at radius 1 is 0.833 bits per heavy atom. The largest absolute Gasteiger partial charge is 0.494 e. The molecule has 0 saturated heterocycles. The minimum Gasteiger partial charge on any atom is -0.494 e. The standard InChI is InChI=1S/C17H12N2O5/c1-23-15-5-3-11(7-13(15)18-9-20)17(22)12-4-6-16(24-2)14(8-12)19-10-21/h3-8H,1-2H3. The fourth-order valence-electron chi connectivity index (χ4n) is 2.10. The van der Waals surface area contributed by atoms with Gasteiger partial charge in [0.15, 0.2) is 5.78 Å². The van der Waals surface area contributed by atoms with E-state index in [1.54, 1.807) is 0 Å². The van der Waals surface area contributed by atoms with Gasteiger partial charge in [0.25, 0.3) is 0 Å². The van der Waals surface area contributed by atoms with Gasteiger partial charge in [0, 0.05) is 11.1 Å². The van der Waals surface area contributed by atoms with Gasteiger partial charge in [-0.3, -0.25) is 4.79 Å². The van der Waals surface area contributed by atoms with E-state index in [-0.39, 0.29) is 28.3 Å². The number of benzene rings is 2. The van der Waals surface area contributed by atoms with Crippen molar-refractivity contribution in [1.82, 2.24) is 0 Å². The number of carbonyl (C=O) groups excluding carboxylic acids is 3. The van der Waals surface area contributed by atoms with Crippen molar-refractivity contribution >= 4 is 29.3 Å². The van der Waals surface area contributed by atoms with Gasteiger partial charge in [-0.15, -0.1) is 0 Å². The second-order valence-electron chi connectivity index (χ2n) is 4.51. The van der Waals surface area contributed by atoms with E-state index in [0.717, 1.165) is 0 Å². The number of nitrogens with zero attached hydrogens (tertiary/aromatic N) is 2. The number of ether oxygens (including phenoxy) is 2. The Balaban J connectivity index is 2.49. The molecule has 7 nitrogen and oxygen atoms in total. The van der Waals surface area contributed by atoms with Crippen LogP contribution in [0.5, 0.6) is 11.5 Å². The van der Waals surface area contributed by atoms with Crippen LogP contribution in [0.15, 0.2) is 46.4 Å². The van der Waals surface area contributed by atoms with Gasteiger partial charge in [-0.25, -0.2) is 9.59 Å². The maximum atomic E-state index is 12.6. The maximum Gasteiger partial charge on any atom is 0.240 e. The SMILES string of the molecule is COc1ccc(C(=O)c2ccc(OC)c(N=C=O)c2)cc1N=C=O. The molecular formula is C17H12N2O5. The molecule has 0 N–H and O–H groups in total. The third-order valence-corrected chi connectivity index (χ3v) is 3.21. The summed E-state index contributed by atoms with van der Waals surface area (Å²) in [5.41, 5.74) is 0.961. The molecule has 0 radical (unpaired) electrons. The first-order valence-electron chi connectivity index (χ1n) is 6.71. The summed E-state index contributed by atoms with van der Waals surface area (Å²) in [4.78, 5) is 40.6. The predicted molar refractivity (Wildman–Crippen MR) is 85.0 cm³/mol. The zero-order chi connectivity index (χ0) is 17.5. The number of rotatable bonds is 6. The van der Waals surface area contributed by atoms with Crippen molar-refractivity contribution in [2.45, 2.75) is 0 Å². The van der Waals surface area contributed by atoms with Crippen molar-refractivity contribution in [1.29, 1.82) is 0 Å². The molecule has 0 bridgehead atoms. The highest BCUT2D eigenvalue weighted by Gasteiger charge is 2.14. The lowest BCUT2D eigenvalue weighted by Crippen LogP contribution is -2.01. The third-order valence-electron chi connectivity index (χ3n) is 3.21. The molecule has 2 aromatic rings. The zero-order valence-corrected chi connectivity index (χ0v) is 12.9. The normalized spacial score (nSPS) is 9.42. The molecule has 0 aromatic heterocycles. The zero-order valence-electron chi connectivity index (χ0n) is 12.9. The van der Waals surface area contributed by atoms with Crippen LogP contribution in [0, 0.1) is 0 Å². The topological polar surface area (TPSA) is 94.4 Å². The van der Waals surface area contributed by atoms with Crippen LogP contribution in [0.2, 0.25) is 0 Å². The third kappa shape index (κ3) is 3.44. The first kappa shape index (κ1) is 16.8. The van der Waals surface area contributed by atoms with Crippen molar-refractivity contribution in [2.24, 2.45) is 9.98 Å². The Morgan fingerprint density at radius 2 is 1.25 bits per heavy atom. The van der Waals surface area contributed by atoms with Crippen LogP contribution in [-0.4, -0.2) is 32.2 Å². The molecule has 7 heteroatoms. The molecule has 0 aliphatic rings. The van der Waals surface area contributed by atoms with Gasteiger partial charge in [0.2, 0.25) is 12.2 Å². The summed E-state index contributed by atoms with van der Waals surface area (Å²) in [5.74, 6) is 0.344. The van der Waals surface area contributed by atoms with E-state index in [9.17, 15) is 14.4 Å². The average molecular weight is 324 g/mol. The molecule has 24 heavy (non-hydrogen) atoms. The Hall–Kier alpha value is -3.53. The molecule has 0 fully saturated rings. The van der Waals surface area contributed by atoms with Gasteiger partial charge in [-0.05, 0) is 36.4 Å². The van der Waals surface area contributed by atoms with Gasteiger partial charge in [0.1, 0.15) is 22.9 Å². The van der Waals surface area contributed by atoms with Crippen molar-refractivity contribution in [2.75, 3.05) is 14.2 Å². The van der Waals surface area contributed by atoms with Crippen LogP contribution in [-0.2, 0) is 9.59 Å². The lowest BCUT2D eigenvalue weighted by atomic mass is 10.0. The predicted octanol–water partition coefficient (Wildman–Crippen LogP) is 2.87. The smallest absolute Gasteiger partial charge is 0.240 e.